The molecule has 0 bridgehead atoms. The minimum Gasteiger partial charge on any atom is -0.350 e. The van der Waals surface area contributed by atoms with Crippen LogP contribution in [0.1, 0.15) is 39.0 Å². The minimum absolute atomic E-state index is 0.106. The van der Waals surface area contributed by atoms with Gasteiger partial charge in [0.1, 0.15) is 0 Å². The van der Waals surface area contributed by atoms with Crippen molar-refractivity contribution in [3.63, 3.8) is 0 Å². The van der Waals surface area contributed by atoms with Gasteiger partial charge in [0.05, 0.1) is 5.41 Å². The van der Waals surface area contributed by atoms with E-state index in [4.69, 9.17) is 5.73 Å². The standard InChI is InChI=1S/C10H18N2O/c1-9(5-6-9)12-8(13)10(7-11)3-2-4-10/h2-7,11H2,1H3,(H,12,13). The second-order valence-corrected chi connectivity index (χ2v) is 4.85. The summed E-state index contributed by atoms with van der Waals surface area (Å²) < 4.78 is 0. The largest absolute Gasteiger partial charge is 0.350 e. The molecule has 3 N–H and O–H groups in total. The van der Waals surface area contributed by atoms with Crippen molar-refractivity contribution >= 4 is 5.91 Å². The maximum atomic E-state index is 11.8. The lowest BCUT2D eigenvalue weighted by Crippen LogP contribution is -2.53. The van der Waals surface area contributed by atoms with Crippen LogP contribution in [0.15, 0.2) is 0 Å². The highest BCUT2D eigenvalue weighted by atomic mass is 16.2. The van der Waals surface area contributed by atoms with Gasteiger partial charge in [0, 0.05) is 12.1 Å². The van der Waals surface area contributed by atoms with Crippen LogP contribution in [0.25, 0.3) is 0 Å². The molecule has 3 heteroatoms. The summed E-state index contributed by atoms with van der Waals surface area (Å²) in [6.07, 6.45) is 5.36. The van der Waals surface area contributed by atoms with Crippen molar-refractivity contribution in [1.82, 2.24) is 5.32 Å². The minimum atomic E-state index is -0.203. The molecule has 0 aliphatic heterocycles. The Hall–Kier alpha value is -0.570. The smallest absolute Gasteiger partial charge is 0.227 e. The normalized spacial score (nSPS) is 27.5. The highest BCUT2D eigenvalue weighted by molar-refractivity contribution is 5.84. The van der Waals surface area contributed by atoms with Gasteiger partial charge in [-0.25, -0.2) is 0 Å². The number of carbonyl (C=O) groups is 1. The fourth-order valence-electron chi connectivity index (χ4n) is 1.85. The second-order valence-electron chi connectivity index (χ2n) is 4.85. The molecule has 74 valence electrons. The first kappa shape index (κ1) is 9.00. The van der Waals surface area contributed by atoms with Crippen molar-refractivity contribution in [1.29, 1.82) is 0 Å². The van der Waals surface area contributed by atoms with E-state index in [-0.39, 0.29) is 16.9 Å². The van der Waals surface area contributed by atoms with Crippen LogP contribution in [-0.4, -0.2) is 18.0 Å². The van der Waals surface area contributed by atoms with Gasteiger partial charge < -0.3 is 11.1 Å². The van der Waals surface area contributed by atoms with Gasteiger partial charge >= 0.3 is 0 Å². The molecule has 2 rings (SSSR count). The van der Waals surface area contributed by atoms with E-state index >= 15 is 0 Å². The summed E-state index contributed by atoms with van der Waals surface area (Å²) >= 11 is 0. The number of nitrogens with one attached hydrogen (secondary N) is 1. The van der Waals surface area contributed by atoms with Crippen LogP contribution in [0.2, 0.25) is 0 Å². The van der Waals surface area contributed by atoms with Gasteiger partial charge in [0.25, 0.3) is 0 Å². The van der Waals surface area contributed by atoms with E-state index in [1.807, 2.05) is 0 Å². The van der Waals surface area contributed by atoms with E-state index in [1.165, 1.54) is 0 Å². The molecule has 0 aromatic carbocycles. The van der Waals surface area contributed by atoms with Crippen molar-refractivity contribution in [2.75, 3.05) is 6.54 Å². The molecule has 0 aromatic rings. The first-order valence-corrected chi connectivity index (χ1v) is 5.13. The number of rotatable bonds is 3. The number of hydrogen-bond acceptors (Lipinski definition) is 2. The van der Waals surface area contributed by atoms with Gasteiger partial charge in [-0.3, -0.25) is 4.79 Å². The van der Waals surface area contributed by atoms with Crippen LogP contribution >= 0.6 is 0 Å². The lowest BCUT2D eigenvalue weighted by atomic mass is 9.68. The Morgan fingerprint density at radius 2 is 2.00 bits per heavy atom. The lowest BCUT2D eigenvalue weighted by Gasteiger charge is -2.40. The van der Waals surface area contributed by atoms with E-state index in [9.17, 15) is 4.79 Å². The number of carbonyl (C=O) groups excluding carboxylic acids is 1. The van der Waals surface area contributed by atoms with Crippen molar-refractivity contribution in [3.05, 3.63) is 0 Å². The van der Waals surface area contributed by atoms with Crippen LogP contribution in [0.3, 0.4) is 0 Å². The molecule has 2 fully saturated rings. The Bertz CT molecular complexity index is 224. The number of hydrogen-bond donors (Lipinski definition) is 2. The van der Waals surface area contributed by atoms with Gasteiger partial charge in [0.15, 0.2) is 0 Å². The fourth-order valence-corrected chi connectivity index (χ4v) is 1.85. The summed E-state index contributed by atoms with van der Waals surface area (Å²) in [5.41, 5.74) is 5.55. The SMILES string of the molecule is CC1(NC(=O)C2(CN)CCC2)CC1. The van der Waals surface area contributed by atoms with Crippen molar-refractivity contribution in [3.8, 4) is 0 Å². The summed E-state index contributed by atoms with van der Waals surface area (Å²) in [6, 6.07) is 0. The zero-order chi connectivity index (χ0) is 9.53. The molecular formula is C10H18N2O. The molecule has 13 heavy (non-hydrogen) atoms. The van der Waals surface area contributed by atoms with Crippen molar-refractivity contribution < 1.29 is 4.79 Å². The second kappa shape index (κ2) is 2.71. The van der Waals surface area contributed by atoms with Gasteiger partial charge in [0.2, 0.25) is 5.91 Å². The molecule has 2 saturated carbocycles. The molecule has 0 saturated heterocycles. The summed E-state index contributed by atoms with van der Waals surface area (Å²) in [4.78, 5) is 11.8. The Balaban J connectivity index is 1.95. The molecule has 0 spiro atoms. The highest BCUT2D eigenvalue weighted by Crippen LogP contribution is 2.42. The van der Waals surface area contributed by atoms with E-state index < -0.39 is 0 Å². The molecule has 0 atom stereocenters. The van der Waals surface area contributed by atoms with E-state index in [0.717, 1.165) is 32.1 Å². The average molecular weight is 182 g/mol. The third kappa shape index (κ3) is 1.46. The average Bonchev–Trinajstić information content (AvgIpc) is 2.66. The summed E-state index contributed by atoms with van der Waals surface area (Å²) in [5.74, 6) is 0.196. The maximum absolute atomic E-state index is 11.8. The molecule has 1 amide bonds. The van der Waals surface area contributed by atoms with Crippen LogP contribution in [0, 0.1) is 5.41 Å². The third-order valence-corrected chi connectivity index (χ3v) is 3.60. The molecule has 0 heterocycles. The van der Waals surface area contributed by atoms with E-state index in [1.54, 1.807) is 0 Å². The first-order chi connectivity index (χ1) is 6.10. The lowest BCUT2D eigenvalue weighted by molar-refractivity contribution is -0.136. The Kier molecular flexibility index (Phi) is 1.88. The summed E-state index contributed by atoms with van der Waals surface area (Å²) in [7, 11) is 0. The van der Waals surface area contributed by atoms with Crippen molar-refractivity contribution in [2.24, 2.45) is 11.1 Å². The maximum Gasteiger partial charge on any atom is 0.227 e. The zero-order valence-electron chi connectivity index (χ0n) is 8.23. The fraction of sp³-hybridized carbons (Fsp3) is 0.900. The van der Waals surface area contributed by atoms with E-state index in [0.29, 0.717) is 6.54 Å². The van der Waals surface area contributed by atoms with Gasteiger partial charge in [-0.05, 0) is 32.6 Å². The molecule has 2 aliphatic rings. The Labute approximate surface area is 79.1 Å². The summed E-state index contributed by atoms with van der Waals surface area (Å²) in [6.45, 7) is 2.61. The van der Waals surface area contributed by atoms with Crippen LogP contribution in [0.4, 0.5) is 0 Å². The monoisotopic (exact) mass is 182 g/mol. The van der Waals surface area contributed by atoms with Gasteiger partial charge in [-0.2, -0.15) is 0 Å². The number of amides is 1. The molecule has 0 radical (unpaired) electrons. The quantitative estimate of drug-likeness (QED) is 0.678. The topological polar surface area (TPSA) is 55.1 Å². The van der Waals surface area contributed by atoms with Gasteiger partial charge in [-0.15, -0.1) is 0 Å². The van der Waals surface area contributed by atoms with Crippen LogP contribution in [-0.2, 0) is 4.79 Å². The molecule has 2 aliphatic carbocycles. The molecule has 3 nitrogen and oxygen atoms in total. The molecule has 0 aromatic heterocycles. The van der Waals surface area contributed by atoms with Crippen LogP contribution < -0.4 is 11.1 Å². The third-order valence-electron chi connectivity index (χ3n) is 3.60. The highest BCUT2D eigenvalue weighted by Gasteiger charge is 2.47. The zero-order valence-corrected chi connectivity index (χ0v) is 8.23. The Morgan fingerprint density at radius 1 is 1.38 bits per heavy atom. The molecular weight excluding hydrogens is 164 g/mol. The summed E-state index contributed by atoms with van der Waals surface area (Å²) in [5, 5.41) is 3.10. The first-order valence-electron chi connectivity index (χ1n) is 5.13. The van der Waals surface area contributed by atoms with Crippen LogP contribution in [0.5, 0.6) is 0 Å². The van der Waals surface area contributed by atoms with Gasteiger partial charge in [-0.1, -0.05) is 6.42 Å². The Morgan fingerprint density at radius 3 is 2.31 bits per heavy atom. The predicted octanol–water partition coefficient (Wildman–Crippen LogP) is 0.784. The molecule has 0 unspecified atom stereocenters. The van der Waals surface area contributed by atoms with E-state index in [2.05, 4.69) is 12.2 Å². The number of nitrogens with two attached hydrogens (primary N) is 1. The predicted molar refractivity (Wildman–Crippen MR) is 51.1 cm³/mol. The van der Waals surface area contributed by atoms with Crippen molar-refractivity contribution in [2.45, 2.75) is 44.6 Å².